The van der Waals surface area contributed by atoms with Crippen LogP contribution >= 0.6 is 0 Å². The molecule has 0 saturated heterocycles. The SMILES string of the molecule is Cc1c(NN)nc(C2CC2)nc1NCc1cccnc1. The summed E-state index contributed by atoms with van der Waals surface area (Å²) in [6.07, 6.45) is 5.93. The number of nitrogens with two attached hydrogens (primary N) is 1. The van der Waals surface area contributed by atoms with E-state index in [0.29, 0.717) is 18.3 Å². The maximum Gasteiger partial charge on any atom is 0.148 e. The summed E-state index contributed by atoms with van der Waals surface area (Å²) in [4.78, 5) is 13.2. The zero-order valence-corrected chi connectivity index (χ0v) is 11.4. The van der Waals surface area contributed by atoms with Gasteiger partial charge >= 0.3 is 0 Å². The number of pyridine rings is 1. The van der Waals surface area contributed by atoms with Crippen molar-refractivity contribution in [3.8, 4) is 0 Å². The van der Waals surface area contributed by atoms with E-state index in [0.717, 1.165) is 35.6 Å². The van der Waals surface area contributed by atoms with E-state index in [4.69, 9.17) is 5.84 Å². The first kappa shape index (κ1) is 12.8. The van der Waals surface area contributed by atoms with Crippen molar-refractivity contribution < 1.29 is 0 Å². The van der Waals surface area contributed by atoms with Gasteiger partial charge in [-0.15, -0.1) is 0 Å². The van der Waals surface area contributed by atoms with E-state index in [1.807, 2.05) is 25.3 Å². The van der Waals surface area contributed by atoms with E-state index in [2.05, 4.69) is 25.7 Å². The molecule has 1 saturated carbocycles. The molecule has 0 radical (unpaired) electrons. The van der Waals surface area contributed by atoms with E-state index >= 15 is 0 Å². The van der Waals surface area contributed by atoms with Crippen LogP contribution in [0.5, 0.6) is 0 Å². The van der Waals surface area contributed by atoms with Gasteiger partial charge in [0.25, 0.3) is 0 Å². The Morgan fingerprint density at radius 2 is 2.10 bits per heavy atom. The normalized spacial score (nSPS) is 14.1. The summed E-state index contributed by atoms with van der Waals surface area (Å²) in [6, 6.07) is 3.95. The molecule has 2 aromatic rings. The Kier molecular flexibility index (Phi) is 3.47. The fourth-order valence-corrected chi connectivity index (χ4v) is 2.06. The van der Waals surface area contributed by atoms with Gasteiger partial charge in [0.15, 0.2) is 0 Å². The molecular formula is C14H18N6. The van der Waals surface area contributed by atoms with Crippen LogP contribution in [-0.4, -0.2) is 15.0 Å². The average molecular weight is 270 g/mol. The van der Waals surface area contributed by atoms with Gasteiger partial charge in [0.05, 0.1) is 0 Å². The number of aromatic nitrogens is 3. The molecule has 0 bridgehead atoms. The molecule has 0 aliphatic heterocycles. The molecule has 0 amide bonds. The lowest BCUT2D eigenvalue weighted by atomic mass is 10.2. The Balaban J connectivity index is 1.82. The van der Waals surface area contributed by atoms with Crippen molar-refractivity contribution in [1.82, 2.24) is 15.0 Å². The van der Waals surface area contributed by atoms with Gasteiger partial charge in [-0.3, -0.25) is 4.98 Å². The van der Waals surface area contributed by atoms with Gasteiger partial charge in [-0.05, 0) is 31.4 Å². The summed E-state index contributed by atoms with van der Waals surface area (Å²) >= 11 is 0. The summed E-state index contributed by atoms with van der Waals surface area (Å²) in [5, 5.41) is 3.34. The minimum absolute atomic E-state index is 0.488. The lowest BCUT2D eigenvalue weighted by Crippen LogP contribution is -2.14. The molecule has 1 aliphatic rings. The smallest absolute Gasteiger partial charge is 0.148 e. The molecule has 2 heterocycles. The number of hydrogen-bond acceptors (Lipinski definition) is 6. The lowest BCUT2D eigenvalue weighted by molar-refractivity contribution is 0.910. The van der Waals surface area contributed by atoms with Gasteiger partial charge in [-0.25, -0.2) is 15.8 Å². The monoisotopic (exact) mass is 270 g/mol. The molecule has 0 aromatic carbocycles. The topological polar surface area (TPSA) is 88.8 Å². The number of nitrogen functional groups attached to an aromatic ring is 1. The largest absolute Gasteiger partial charge is 0.366 e. The summed E-state index contributed by atoms with van der Waals surface area (Å²) < 4.78 is 0. The van der Waals surface area contributed by atoms with Gasteiger partial charge in [0, 0.05) is 30.4 Å². The third-order valence-corrected chi connectivity index (χ3v) is 3.43. The molecule has 2 aromatic heterocycles. The molecule has 0 unspecified atom stereocenters. The van der Waals surface area contributed by atoms with E-state index in [1.54, 1.807) is 6.20 Å². The van der Waals surface area contributed by atoms with Crippen molar-refractivity contribution in [2.24, 2.45) is 5.84 Å². The second-order valence-electron chi connectivity index (χ2n) is 5.04. The number of hydrogen-bond donors (Lipinski definition) is 3. The van der Waals surface area contributed by atoms with Gasteiger partial charge < -0.3 is 10.7 Å². The number of hydrazine groups is 1. The van der Waals surface area contributed by atoms with Crippen LogP contribution in [0.15, 0.2) is 24.5 Å². The molecule has 1 aliphatic carbocycles. The highest BCUT2D eigenvalue weighted by atomic mass is 15.3. The van der Waals surface area contributed by atoms with Crippen LogP contribution in [0.2, 0.25) is 0 Å². The summed E-state index contributed by atoms with van der Waals surface area (Å²) in [5.41, 5.74) is 4.70. The van der Waals surface area contributed by atoms with Crippen molar-refractivity contribution in [2.45, 2.75) is 32.2 Å². The summed E-state index contributed by atoms with van der Waals surface area (Å²) in [5.74, 6) is 8.42. The highest BCUT2D eigenvalue weighted by Crippen LogP contribution is 2.39. The first-order valence-electron chi connectivity index (χ1n) is 6.76. The fourth-order valence-electron chi connectivity index (χ4n) is 2.06. The van der Waals surface area contributed by atoms with Crippen LogP contribution in [-0.2, 0) is 6.54 Å². The molecule has 0 spiro atoms. The highest BCUT2D eigenvalue weighted by molar-refractivity contribution is 5.57. The Labute approximate surface area is 117 Å². The third kappa shape index (κ3) is 2.70. The Hall–Kier alpha value is -2.21. The highest BCUT2D eigenvalue weighted by Gasteiger charge is 2.28. The molecule has 104 valence electrons. The van der Waals surface area contributed by atoms with Crippen molar-refractivity contribution in [1.29, 1.82) is 0 Å². The van der Waals surface area contributed by atoms with Crippen molar-refractivity contribution >= 4 is 11.6 Å². The molecule has 20 heavy (non-hydrogen) atoms. The molecular weight excluding hydrogens is 252 g/mol. The van der Waals surface area contributed by atoms with Gasteiger partial charge in [0.1, 0.15) is 17.5 Å². The molecule has 1 fully saturated rings. The quantitative estimate of drug-likeness (QED) is 0.568. The molecule has 3 rings (SSSR count). The maximum absolute atomic E-state index is 5.54. The average Bonchev–Trinajstić information content (AvgIpc) is 3.32. The summed E-state index contributed by atoms with van der Waals surface area (Å²) in [6.45, 7) is 2.64. The maximum atomic E-state index is 5.54. The van der Waals surface area contributed by atoms with Gasteiger partial charge in [0.2, 0.25) is 0 Å². The van der Waals surface area contributed by atoms with Gasteiger partial charge in [-0.2, -0.15) is 0 Å². The van der Waals surface area contributed by atoms with Crippen molar-refractivity contribution in [3.05, 3.63) is 41.5 Å². The second kappa shape index (κ2) is 5.42. The fraction of sp³-hybridized carbons (Fsp3) is 0.357. The molecule has 6 heteroatoms. The van der Waals surface area contributed by atoms with Crippen LogP contribution in [0, 0.1) is 6.92 Å². The first-order chi connectivity index (χ1) is 9.78. The molecule has 6 nitrogen and oxygen atoms in total. The van der Waals surface area contributed by atoms with Crippen LogP contribution < -0.4 is 16.6 Å². The van der Waals surface area contributed by atoms with E-state index < -0.39 is 0 Å². The molecule has 0 atom stereocenters. The zero-order chi connectivity index (χ0) is 13.9. The predicted molar refractivity (Wildman–Crippen MR) is 78.1 cm³/mol. The number of rotatable bonds is 5. The third-order valence-electron chi connectivity index (χ3n) is 3.43. The van der Waals surface area contributed by atoms with Crippen molar-refractivity contribution in [2.75, 3.05) is 10.7 Å². The van der Waals surface area contributed by atoms with E-state index in [9.17, 15) is 0 Å². The molecule has 4 N–H and O–H groups in total. The lowest BCUT2D eigenvalue weighted by Gasteiger charge is -2.13. The van der Waals surface area contributed by atoms with Crippen LogP contribution in [0.1, 0.15) is 35.7 Å². The standard InChI is InChI=1S/C14H18N6/c1-9-12(17-8-10-3-2-6-16-7-10)18-14(11-4-5-11)19-13(9)20-15/h2-3,6-7,11H,4-5,8,15H2,1H3,(H2,17,18,19,20). The van der Waals surface area contributed by atoms with Crippen molar-refractivity contribution in [3.63, 3.8) is 0 Å². The second-order valence-corrected chi connectivity index (χ2v) is 5.04. The number of anilines is 2. The number of nitrogens with one attached hydrogen (secondary N) is 2. The zero-order valence-electron chi connectivity index (χ0n) is 11.4. The Morgan fingerprint density at radius 1 is 1.30 bits per heavy atom. The Bertz CT molecular complexity index is 594. The Morgan fingerprint density at radius 3 is 2.75 bits per heavy atom. The van der Waals surface area contributed by atoms with Crippen LogP contribution in [0.25, 0.3) is 0 Å². The minimum atomic E-state index is 0.488. The summed E-state index contributed by atoms with van der Waals surface area (Å²) in [7, 11) is 0. The van der Waals surface area contributed by atoms with E-state index in [1.165, 1.54) is 0 Å². The van der Waals surface area contributed by atoms with Crippen LogP contribution in [0.4, 0.5) is 11.6 Å². The van der Waals surface area contributed by atoms with Crippen LogP contribution in [0.3, 0.4) is 0 Å². The van der Waals surface area contributed by atoms with E-state index in [-0.39, 0.29) is 0 Å². The minimum Gasteiger partial charge on any atom is -0.366 e. The predicted octanol–water partition coefficient (Wildman–Crippen LogP) is 1.96. The number of nitrogens with zero attached hydrogens (tertiary/aromatic N) is 3. The first-order valence-corrected chi connectivity index (χ1v) is 6.76. The van der Waals surface area contributed by atoms with Gasteiger partial charge in [-0.1, -0.05) is 6.07 Å².